The van der Waals surface area contributed by atoms with Crippen LogP contribution < -0.4 is 10.6 Å². The van der Waals surface area contributed by atoms with Crippen LogP contribution in [0.1, 0.15) is 6.92 Å². The highest BCUT2D eigenvalue weighted by Gasteiger charge is 1.91. The topological polar surface area (TPSA) is 58.2 Å². The Bertz CT molecular complexity index is 163. The van der Waals surface area contributed by atoms with Gasteiger partial charge in [-0.3, -0.25) is 9.59 Å². The molecule has 0 atom stereocenters. The van der Waals surface area contributed by atoms with Crippen molar-refractivity contribution in [2.75, 3.05) is 7.05 Å². The van der Waals surface area contributed by atoms with Crippen LogP contribution in [-0.4, -0.2) is 19.4 Å². The highest BCUT2D eigenvalue weighted by Crippen LogP contribution is 1.82. The molecular weight excluding hydrogens is 132 g/mol. The second kappa shape index (κ2) is 4.55. The van der Waals surface area contributed by atoms with E-state index in [1.807, 2.05) is 0 Å². The van der Waals surface area contributed by atoms with Crippen molar-refractivity contribution in [3.63, 3.8) is 0 Å². The fraction of sp³-hybridized carbons (Fsp3) is 0.333. The molecule has 0 unspecified atom stereocenters. The summed E-state index contributed by atoms with van der Waals surface area (Å²) in [5, 5.41) is 4.71. The van der Waals surface area contributed by atoms with Gasteiger partial charge in [0.1, 0.15) is 0 Å². The van der Waals surface area contributed by atoms with E-state index in [0.29, 0.717) is 12.1 Å². The molecular formula is C6H10N2O2. The average Bonchev–Trinajstić information content (AvgIpc) is 1.88. The van der Waals surface area contributed by atoms with Gasteiger partial charge < -0.3 is 10.6 Å². The zero-order chi connectivity index (χ0) is 7.98. The Balaban J connectivity index is 3.88. The molecule has 0 spiro atoms. The van der Waals surface area contributed by atoms with E-state index in [0.717, 1.165) is 0 Å². The van der Waals surface area contributed by atoms with Crippen LogP contribution in [0, 0.1) is 0 Å². The Hall–Kier alpha value is -1.32. The Morgan fingerprint density at radius 2 is 2.10 bits per heavy atom. The van der Waals surface area contributed by atoms with Crippen molar-refractivity contribution < 1.29 is 9.59 Å². The standard InChI is InChI=1S/C6H10N2O2/c1-5(8-4-9)3-6(10)7-2/h3-4H,1-2H3,(H,7,10)(H,8,9)/b5-3-. The van der Waals surface area contributed by atoms with E-state index in [4.69, 9.17) is 0 Å². The molecule has 0 fully saturated rings. The van der Waals surface area contributed by atoms with Gasteiger partial charge in [-0.15, -0.1) is 0 Å². The van der Waals surface area contributed by atoms with Gasteiger partial charge in [0.2, 0.25) is 12.3 Å². The Kier molecular flexibility index (Phi) is 3.95. The van der Waals surface area contributed by atoms with Crippen LogP contribution in [0.5, 0.6) is 0 Å². The highest BCUT2D eigenvalue weighted by atomic mass is 16.1. The smallest absolute Gasteiger partial charge is 0.245 e. The monoisotopic (exact) mass is 142 g/mol. The first-order chi connectivity index (χ1) is 4.70. The number of amides is 2. The summed E-state index contributed by atoms with van der Waals surface area (Å²) < 4.78 is 0. The van der Waals surface area contributed by atoms with Crippen LogP contribution in [0.3, 0.4) is 0 Å². The quantitative estimate of drug-likeness (QED) is 0.407. The molecule has 0 radical (unpaired) electrons. The maximum absolute atomic E-state index is 10.6. The molecule has 0 aliphatic rings. The van der Waals surface area contributed by atoms with Gasteiger partial charge in [-0.1, -0.05) is 0 Å². The SMILES string of the molecule is CNC(=O)/C=C(/C)NC=O. The van der Waals surface area contributed by atoms with Crippen molar-refractivity contribution in [1.82, 2.24) is 10.6 Å². The number of likely N-dealkylation sites (N-methyl/N-ethyl adjacent to an activating group) is 1. The van der Waals surface area contributed by atoms with Gasteiger partial charge in [-0.2, -0.15) is 0 Å². The first-order valence-corrected chi connectivity index (χ1v) is 2.81. The molecule has 2 N–H and O–H groups in total. The molecule has 10 heavy (non-hydrogen) atoms. The third-order valence-electron chi connectivity index (χ3n) is 0.881. The number of carbonyl (C=O) groups excluding carboxylic acids is 2. The molecule has 0 rings (SSSR count). The van der Waals surface area contributed by atoms with Crippen molar-refractivity contribution in [2.24, 2.45) is 0 Å². The van der Waals surface area contributed by atoms with Crippen molar-refractivity contribution in [3.8, 4) is 0 Å². The van der Waals surface area contributed by atoms with Crippen LogP contribution in [0.4, 0.5) is 0 Å². The molecule has 4 nitrogen and oxygen atoms in total. The second-order valence-corrected chi connectivity index (χ2v) is 1.70. The fourth-order valence-electron chi connectivity index (χ4n) is 0.403. The van der Waals surface area contributed by atoms with Gasteiger partial charge in [0.05, 0.1) is 0 Å². The van der Waals surface area contributed by atoms with Crippen molar-refractivity contribution in [2.45, 2.75) is 6.92 Å². The molecule has 0 aromatic heterocycles. The van der Waals surface area contributed by atoms with Crippen LogP contribution in [-0.2, 0) is 9.59 Å². The minimum absolute atomic E-state index is 0.230. The molecule has 0 saturated carbocycles. The molecule has 0 bridgehead atoms. The first-order valence-electron chi connectivity index (χ1n) is 2.81. The summed E-state index contributed by atoms with van der Waals surface area (Å²) >= 11 is 0. The summed E-state index contributed by atoms with van der Waals surface area (Å²) in [5.74, 6) is -0.230. The predicted molar refractivity (Wildman–Crippen MR) is 37.0 cm³/mol. The van der Waals surface area contributed by atoms with Crippen molar-refractivity contribution >= 4 is 12.3 Å². The minimum atomic E-state index is -0.230. The van der Waals surface area contributed by atoms with E-state index >= 15 is 0 Å². The van der Waals surface area contributed by atoms with Gasteiger partial charge in [0.25, 0.3) is 0 Å². The Morgan fingerprint density at radius 1 is 1.50 bits per heavy atom. The summed E-state index contributed by atoms with van der Waals surface area (Å²) in [6, 6.07) is 0. The molecule has 0 aromatic carbocycles. The zero-order valence-corrected chi connectivity index (χ0v) is 5.97. The van der Waals surface area contributed by atoms with Gasteiger partial charge in [-0.25, -0.2) is 0 Å². The van der Waals surface area contributed by atoms with E-state index in [9.17, 15) is 9.59 Å². The molecule has 4 heteroatoms. The Morgan fingerprint density at radius 3 is 2.50 bits per heavy atom. The average molecular weight is 142 g/mol. The summed E-state index contributed by atoms with van der Waals surface area (Å²) in [6.45, 7) is 1.63. The number of nitrogens with one attached hydrogen (secondary N) is 2. The van der Waals surface area contributed by atoms with Gasteiger partial charge in [0, 0.05) is 18.8 Å². The minimum Gasteiger partial charge on any atom is -0.356 e. The van der Waals surface area contributed by atoms with E-state index in [2.05, 4.69) is 10.6 Å². The van der Waals surface area contributed by atoms with Crippen LogP contribution in [0.15, 0.2) is 11.8 Å². The van der Waals surface area contributed by atoms with Crippen LogP contribution in [0.2, 0.25) is 0 Å². The van der Waals surface area contributed by atoms with Gasteiger partial charge in [-0.05, 0) is 6.92 Å². The van der Waals surface area contributed by atoms with Gasteiger partial charge >= 0.3 is 0 Å². The number of allylic oxidation sites excluding steroid dienone is 1. The largest absolute Gasteiger partial charge is 0.356 e. The van der Waals surface area contributed by atoms with E-state index in [1.54, 1.807) is 6.92 Å². The third-order valence-corrected chi connectivity index (χ3v) is 0.881. The summed E-state index contributed by atoms with van der Waals surface area (Å²) in [5.41, 5.74) is 0.523. The lowest BCUT2D eigenvalue weighted by atomic mass is 10.4. The predicted octanol–water partition coefficient (Wildman–Crippen LogP) is -0.618. The zero-order valence-electron chi connectivity index (χ0n) is 5.97. The lowest BCUT2D eigenvalue weighted by molar-refractivity contribution is -0.116. The molecule has 56 valence electrons. The van der Waals surface area contributed by atoms with Gasteiger partial charge in [0.15, 0.2) is 0 Å². The summed E-state index contributed by atoms with van der Waals surface area (Å²) in [7, 11) is 1.52. The van der Waals surface area contributed by atoms with Crippen molar-refractivity contribution in [1.29, 1.82) is 0 Å². The highest BCUT2D eigenvalue weighted by molar-refractivity contribution is 5.88. The summed E-state index contributed by atoms with van der Waals surface area (Å²) in [6.07, 6.45) is 1.82. The maximum Gasteiger partial charge on any atom is 0.245 e. The first kappa shape index (κ1) is 8.68. The molecule has 0 saturated heterocycles. The Labute approximate surface area is 59.3 Å². The fourth-order valence-corrected chi connectivity index (χ4v) is 0.403. The lowest BCUT2D eigenvalue weighted by Crippen LogP contribution is -2.17. The maximum atomic E-state index is 10.6. The lowest BCUT2D eigenvalue weighted by Gasteiger charge is -1.95. The molecule has 0 heterocycles. The summed E-state index contributed by atoms with van der Waals surface area (Å²) in [4.78, 5) is 20.4. The number of carbonyl (C=O) groups is 2. The molecule has 0 aliphatic carbocycles. The number of rotatable bonds is 3. The van der Waals surface area contributed by atoms with E-state index in [-0.39, 0.29) is 5.91 Å². The number of hydrogen-bond donors (Lipinski definition) is 2. The normalized spacial score (nSPS) is 10.4. The van der Waals surface area contributed by atoms with Crippen molar-refractivity contribution in [3.05, 3.63) is 11.8 Å². The third kappa shape index (κ3) is 3.65. The van der Waals surface area contributed by atoms with Crippen LogP contribution >= 0.6 is 0 Å². The second-order valence-electron chi connectivity index (χ2n) is 1.70. The number of hydrogen-bond acceptors (Lipinski definition) is 2. The van der Waals surface area contributed by atoms with Crippen LogP contribution in [0.25, 0.3) is 0 Å². The molecule has 0 aromatic rings. The molecule has 2 amide bonds. The molecule has 0 aliphatic heterocycles. The van der Waals surface area contributed by atoms with E-state index < -0.39 is 0 Å². The van der Waals surface area contributed by atoms with E-state index in [1.165, 1.54) is 13.1 Å².